The third kappa shape index (κ3) is 5.80. The average Bonchev–Trinajstić information content (AvgIpc) is 2.86. The van der Waals surface area contributed by atoms with Crippen LogP contribution in [0.3, 0.4) is 0 Å². The molecular weight excluding hydrogens is 449 g/mol. The first-order valence-electron chi connectivity index (χ1n) is 11.6. The second-order valence-corrected chi connectivity index (χ2v) is 9.15. The number of hydrogen-bond donors (Lipinski definition) is 1. The minimum Gasteiger partial charge on any atom is -0.472 e. The molecule has 0 bridgehead atoms. The molecular formula is C26H30FN5O3. The molecule has 1 amide bonds. The summed E-state index contributed by atoms with van der Waals surface area (Å²) in [5, 5.41) is 9.84. The Morgan fingerprint density at radius 1 is 1.23 bits per heavy atom. The van der Waals surface area contributed by atoms with Gasteiger partial charge in [-0.25, -0.2) is 19.3 Å². The van der Waals surface area contributed by atoms with Crippen LogP contribution in [0, 0.1) is 11.7 Å². The molecule has 1 N–H and O–H groups in total. The number of rotatable bonds is 7. The average molecular weight is 480 g/mol. The maximum Gasteiger partial charge on any atom is 0.259 e. The third-order valence-corrected chi connectivity index (χ3v) is 6.24. The first kappa shape index (κ1) is 24.7. The summed E-state index contributed by atoms with van der Waals surface area (Å²) in [6, 6.07) is 7.46. The van der Waals surface area contributed by atoms with Gasteiger partial charge >= 0.3 is 0 Å². The number of ether oxygens (including phenoxy) is 1. The first-order valence-corrected chi connectivity index (χ1v) is 11.6. The fourth-order valence-electron chi connectivity index (χ4n) is 4.24. The molecule has 1 aromatic carbocycles. The largest absolute Gasteiger partial charge is 0.472 e. The van der Waals surface area contributed by atoms with Crippen molar-refractivity contribution in [1.82, 2.24) is 24.8 Å². The summed E-state index contributed by atoms with van der Waals surface area (Å²) in [7, 11) is 1.99. The standard InChI is InChI=1S/C26H30FN5O3/c1-17-12-32(18(2)15-33)26(34)23-8-21(20-5-4-6-22(27)7-20)11-30-25(23)35-24(17)14-31(3)13-19-9-28-16-29-10-19/h4-11,16-18,24,33H,12-15H2,1-3H3/t17-,18-,24+/m0/s1. The number of nitrogens with zero attached hydrogens (tertiary/aromatic N) is 5. The Bertz CT molecular complexity index is 1160. The zero-order valence-corrected chi connectivity index (χ0v) is 20.1. The summed E-state index contributed by atoms with van der Waals surface area (Å²) in [5.74, 6) is -0.431. The second-order valence-electron chi connectivity index (χ2n) is 9.15. The Kier molecular flexibility index (Phi) is 7.67. The summed E-state index contributed by atoms with van der Waals surface area (Å²) in [6.45, 7) is 5.31. The van der Waals surface area contributed by atoms with Gasteiger partial charge in [-0.2, -0.15) is 0 Å². The number of pyridine rings is 1. The van der Waals surface area contributed by atoms with Crippen molar-refractivity contribution in [2.75, 3.05) is 26.7 Å². The van der Waals surface area contributed by atoms with E-state index in [0.29, 0.717) is 36.3 Å². The molecule has 2 aromatic heterocycles. The summed E-state index contributed by atoms with van der Waals surface area (Å²) < 4.78 is 20.1. The predicted molar refractivity (Wildman–Crippen MR) is 129 cm³/mol. The van der Waals surface area contributed by atoms with Gasteiger partial charge in [-0.3, -0.25) is 9.69 Å². The topological polar surface area (TPSA) is 91.7 Å². The van der Waals surface area contributed by atoms with E-state index < -0.39 is 0 Å². The van der Waals surface area contributed by atoms with Gasteiger partial charge in [0.15, 0.2) is 0 Å². The number of benzene rings is 1. The van der Waals surface area contributed by atoms with E-state index in [1.54, 1.807) is 41.7 Å². The van der Waals surface area contributed by atoms with E-state index in [4.69, 9.17) is 4.74 Å². The van der Waals surface area contributed by atoms with Crippen LogP contribution in [0.25, 0.3) is 11.1 Å². The monoisotopic (exact) mass is 479 g/mol. The van der Waals surface area contributed by atoms with Crippen LogP contribution in [0.2, 0.25) is 0 Å². The number of aliphatic hydroxyl groups is 1. The van der Waals surface area contributed by atoms with Gasteiger partial charge in [0.25, 0.3) is 5.91 Å². The molecule has 0 spiro atoms. The summed E-state index contributed by atoms with van der Waals surface area (Å²) in [5.41, 5.74) is 2.51. The predicted octanol–water partition coefficient (Wildman–Crippen LogP) is 3.03. The van der Waals surface area contributed by atoms with E-state index in [2.05, 4.69) is 19.9 Å². The van der Waals surface area contributed by atoms with Gasteiger partial charge in [0, 0.05) is 55.3 Å². The molecule has 3 heterocycles. The molecule has 4 rings (SSSR count). The highest BCUT2D eigenvalue weighted by atomic mass is 19.1. The Morgan fingerprint density at radius 3 is 2.71 bits per heavy atom. The van der Waals surface area contributed by atoms with E-state index in [-0.39, 0.29) is 42.3 Å². The van der Waals surface area contributed by atoms with Gasteiger partial charge in [0.1, 0.15) is 23.8 Å². The van der Waals surface area contributed by atoms with Gasteiger partial charge in [-0.1, -0.05) is 19.1 Å². The van der Waals surface area contributed by atoms with Gasteiger partial charge in [0.2, 0.25) is 5.88 Å². The molecule has 35 heavy (non-hydrogen) atoms. The minimum atomic E-state index is -0.381. The fraction of sp³-hybridized carbons (Fsp3) is 0.385. The molecule has 1 aliphatic rings. The molecule has 3 aromatic rings. The van der Waals surface area contributed by atoms with Crippen molar-refractivity contribution < 1.29 is 19.0 Å². The molecule has 0 saturated carbocycles. The number of carbonyl (C=O) groups excluding carboxylic acids is 1. The molecule has 3 atom stereocenters. The zero-order chi connectivity index (χ0) is 24.9. The number of fused-ring (bicyclic) bond motifs is 1. The van der Waals surface area contributed by atoms with Crippen LogP contribution < -0.4 is 4.74 Å². The maximum absolute atomic E-state index is 13.8. The Labute approximate surface area is 204 Å². The van der Waals surface area contributed by atoms with Crippen molar-refractivity contribution in [3.8, 4) is 17.0 Å². The molecule has 0 radical (unpaired) electrons. The molecule has 0 fully saturated rings. The Morgan fingerprint density at radius 2 is 2.00 bits per heavy atom. The van der Waals surface area contributed by atoms with Crippen molar-refractivity contribution >= 4 is 5.91 Å². The highest BCUT2D eigenvalue weighted by Crippen LogP contribution is 2.30. The van der Waals surface area contributed by atoms with Crippen LogP contribution in [0.15, 0.2) is 55.2 Å². The van der Waals surface area contributed by atoms with Gasteiger partial charge < -0.3 is 14.7 Å². The van der Waals surface area contributed by atoms with E-state index >= 15 is 0 Å². The quantitative estimate of drug-likeness (QED) is 0.557. The lowest BCUT2D eigenvalue weighted by molar-refractivity contribution is 0.0325. The summed E-state index contributed by atoms with van der Waals surface area (Å²) in [4.78, 5) is 30.0. The highest BCUT2D eigenvalue weighted by molar-refractivity contribution is 5.98. The molecule has 0 aliphatic carbocycles. The van der Waals surface area contributed by atoms with Crippen LogP contribution in [0.4, 0.5) is 4.39 Å². The molecule has 1 aliphatic heterocycles. The SMILES string of the molecule is C[C@H]1CN([C@@H](C)CO)C(=O)c2cc(-c3cccc(F)c3)cnc2O[C@@H]1CN(C)Cc1cncnc1. The second kappa shape index (κ2) is 10.9. The molecule has 8 nitrogen and oxygen atoms in total. The smallest absolute Gasteiger partial charge is 0.259 e. The van der Waals surface area contributed by atoms with Crippen molar-refractivity contribution in [3.05, 3.63) is 72.2 Å². The van der Waals surface area contributed by atoms with Gasteiger partial charge in [-0.05, 0) is 37.7 Å². The summed E-state index contributed by atoms with van der Waals surface area (Å²) in [6.07, 6.45) is 6.38. The Hall–Kier alpha value is -3.43. The number of halogens is 1. The Balaban J connectivity index is 1.66. The van der Waals surface area contributed by atoms with Crippen molar-refractivity contribution in [3.63, 3.8) is 0 Å². The maximum atomic E-state index is 13.8. The molecule has 0 unspecified atom stereocenters. The van der Waals surface area contributed by atoms with Crippen molar-refractivity contribution in [2.24, 2.45) is 5.92 Å². The van der Waals surface area contributed by atoms with E-state index in [1.807, 2.05) is 20.9 Å². The van der Waals surface area contributed by atoms with E-state index in [9.17, 15) is 14.3 Å². The summed E-state index contributed by atoms with van der Waals surface area (Å²) >= 11 is 0. The van der Waals surface area contributed by atoms with E-state index in [0.717, 1.165) is 5.56 Å². The highest BCUT2D eigenvalue weighted by Gasteiger charge is 2.34. The number of carbonyl (C=O) groups is 1. The van der Waals surface area contributed by atoms with Crippen LogP contribution in [-0.2, 0) is 6.54 Å². The van der Waals surface area contributed by atoms with Crippen LogP contribution in [-0.4, -0.2) is 74.7 Å². The number of hydrogen-bond acceptors (Lipinski definition) is 7. The molecule has 184 valence electrons. The van der Waals surface area contributed by atoms with Crippen molar-refractivity contribution in [2.45, 2.75) is 32.5 Å². The number of amides is 1. The fourth-order valence-corrected chi connectivity index (χ4v) is 4.24. The number of aliphatic hydroxyl groups excluding tert-OH is 1. The molecule has 0 saturated heterocycles. The van der Waals surface area contributed by atoms with E-state index in [1.165, 1.54) is 18.5 Å². The number of likely N-dealkylation sites (N-methyl/N-ethyl adjacent to an activating group) is 1. The lowest BCUT2D eigenvalue weighted by Gasteiger charge is -2.37. The van der Waals surface area contributed by atoms with Crippen LogP contribution >= 0.6 is 0 Å². The van der Waals surface area contributed by atoms with Gasteiger partial charge in [-0.15, -0.1) is 0 Å². The number of aromatic nitrogens is 3. The lowest BCUT2D eigenvalue weighted by Crippen LogP contribution is -2.49. The zero-order valence-electron chi connectivity index (χ0n) is 20.1. The normalized spacial score (nSPS) is 19.0. The minimum absolute atomic E-state index is 0.0275. The third-order valence-electron chi connectivity index (χ3n) is 6.24. The van der Waals surface area contributed by atoms with Crippen molar-refractivity contribution in [1.29, 1.82) is 0 Å². The van der Waals surface area contributed by atoms with Crippen LogP contribution in [0.5, 0.6) is 5.88 Å². The molecule has 9 heteroatoms. The van der Waals surface area contributed by atoms with Gasteiger partial charge in [0.05, 0.1) is 12.6 Å². The lowest BCUT2D eigenvalue weighted by atomic mass is 9.99. The first-order chi connectivity index (χ1) is 16.9. The van der Waals surface area contributed by atoms with Crippen LogP contribution in [0.1, 0.15) is 29.8 Å².